The average Bonchev–Trinajstić information content (AvgIpc) is 3.24. The minimum Gasteiger partial charge on any atom is -0.444 e. The molecule has 8 nitrogen and oxygen atoms in total. The molecule has 0 unspecified atom stereocenters. The molecule has 3 aromatic rings. The summed E-state index contributed by atoms with van der Waals surface area (Å²) >= 11 is 0. The normalized spacial score (nSPS) is 13.4. The summed E-state index contributed by atoms with van der Waals surface area (Å²) in [6.45, 7) is 0. The average molecular weight is 336 g/mol. The minimum absolute atomic E-state index is 0.285. The fourth-order valence-corrected chi connectivity index (χ4v) is 2.39. The van der Waals surface area contributed by atoms with Crippen molar-refractivity contribution < 1.29 is 9.21 Å². The van der Waals surface area contributed by atoms with Crippen LogP contribution in [0.25, 0.3) is 11.3 Å². The number of amides is 1. The summed E-state index contributed by atoms with van der Waals surface area (Å²) in [7, 11) is 0. The van der Waals surface area contributed by atoms with Crippen LogP contribution in [0.4, 0.5) is 17.5 Å². The number of aromatic nitrogens is 3. The van der Waals surface area contributed by atoms with Gasteiger partial charge in [-0.25, -0.2) is 9.97 Å². The van der Waals surface area contributed by atoms with E-state index in [1.807, 2.05) is 24.3 Å². The van der Waals surface area contributed by atoms with Crippen LogP contribution in [0.3, 0.4) is 0 Å². The Kier molecular flexibility index (Phi) is 3.77. The van der Waals surface area contributed by atoms with Gasteiger partial charge in [-0.15, -0.1) is 0 Å². The standard InChI is InChI=1S/C17H16N6O2/c18-15(24)13-7-20-17(23-16(13)21-11-4-5-11)22-12-3-1-2-10(6-12)14-8-19-9-25-14/h1-3,6-9,11H,4-5H2,(H2,18,24)(H2,20,21,22,23). The van der Waals surface area contributed by atoms with Crippen molar-refractivity contribution in [2.75, 3.05) is 10.6 Å². The third-order valence-electron chi connectivity index (χ3n) is 3.81. The van der Waals surface area contributed by atoms with E-state index in [1.54, 1.807) is 6.20 Å². The van der Waals surface area contributed by atoms with E-state index >= 15 is 0 Å². The van der Waals surface area contributed by atoms with Crippen molar-refractivity contribution in [2.45, 2.75) is 18.9 Å². The molecule has 25 heavy (non-hydrogen) atoms. The molecule has 0 bridgehead atoms. The predicted octanol–water partition coefficient (Wildman–Crippen LogP) is 2.55. The van der Waals surface area contributed by atoms with E-state index in [1.165, 1.54) is 12.6 Å². The molecule has 1 saturated carbocycles. The molecule has 0 radical (unpaired) electrons. The molecule has 0 atom stereocenters. The zero-order chi connectivity index (χ0) is 17.2. The maximum atomic E-state index is 11.5. The molecule has 1 aromatic carbocycles. The molecule has 0 spiro atoms. The topological polar surface area (TPSA) is 119 Å². The molecule has 126 valence electrons. The van der Waals surface area contributed by atoms with Crippen LogP contribution in [0, 0.1) is 0 Å². The highest BCUT2D eigenvalue weighted by molar-refractivity contribution is 5.97. The molecule has 0 aliphatic heterocycles. The van der Waals surface area contributed by atoms with Gasteiger partial charge in [0, 0.05) is 23.5 Å². The number of rotatable bonds is 6. The van der Waals surface area contributed by atoms with Gasteiger partial charge in [-0.2, -0.15) is 4.98 Å². The van der Waals surface area contributed by atoms with Crippen molar-refractivity contribution in [3.8, 4) is 11.3 Å². The van der Waals surface area contributed by atoms with Crippen LogP contribution in [0.15, 0.2) is 47.5 Å². The summed E-state index contributed by atoms with van der Waals surface area (Å²) in [5, 5.41) is 6.34. The lowest BCUT2D eigenvalue weighted by Crippen LogP contribution is -2.17. The number of anilines is 3. The Bertz CT molecular complexity index is 905. The molecule has 2 aromatic heterocycles. The fraction of sp³-hybridized carbons (Fsp3) is 0.176. The van der Waals surface area contributed by atoms with Crippen LogP contribution in [-0.4, -0.2) is 26.9 Å². The van der Waals surface area contributed by atoms with E-state index in [9.17, 15) is 4.79 Å². The van der Waals surface area contributed by atoms with Gasteiger partial charge in [-0.1, -0.05) is 12.1 Å². The van der Waals surface area contributed by atoms with Gasteiger partial charge in [0.2, 0.25) is 5.95 Å². The summed E-state index contributed by atoms with van der Waals surface area (Å²) < 4.78 is 5.31. The van der Waals surface area contributed by atoms with Gasteiger partial charge >= 0.3 is 0 Å². The van der Waals surface area contributed by atoms with E-state index in [-0.39, 0.29) is 5.56 Å². The fourth-order valence-electron chi connectivity index (χ4n) is 2.39. The van der Waals surface area contributed by atoms with Gasteiger partial charge in [0.25, 0.3) is 5.91 Å². The van der Waals surface area contributed by atoms with Crippen LogP contribution >= 0.6 is 0 Å². The van der Waals surface area contributed by atoms with Crippen molar-refractivity contribution in [2.24, 2.45) is 5.73 Å². The largest absolute Gasteiger partial charge is 0.444 e. The first-order valence-corrected chi connectivity index (χ1v) is 7.88. The highest BCUT2D eigenvalue weighted by Gasteiger charge is 2.24. The number of carbonyl (C=O) groups is 1. The van der Waals surface area contributed by atoms with Crippen molar-refractivity contribution >= 4 is 23.4 Å². The van der Waals surface area contributed by atoms with Gasteiger partial charge in [-0.3, -0.25) is 4.79 Å². The van der Waals surface area contributed by atoms with Crippen molar-refractivity contribution in [1.29, 1.82) is 0 Å². The SMILES string of the molecule is NC(=O)c1cnc(Nc2cccc(-c3cnco3)c2)nc1NC1CC1. The number of nitrogens with two attached hydrogens (primary N) is 1. The van der Waals surface area contributed by atoms with Crippen molar-refractivity contribution in [3.63, 3.8) is 0 Å². The Hall–Kier alpha value is -3.42. The number of primary amides is 1. The predicted molar refractivity (Wildman–Crippen MR) is 92.4 cm³/mol. The zero-order valence-corrected chi connectivity index (χ0v) is 13.3. The summed E-state index contributed by atoms with van der Waals surface area (Å²) in [4.78, 5) is 24.0. The Morgan fingerprint density at radius 2 is 2.16 bits per heavy atom. The van der Waals surface area contributed by atoms with Crippen molar-refractivity contribution in [1.82, 2.24) is 15.0 Å². The number of oxazole rings is 1. The Morgan fingerprint density at radius 1 is 1.28 bits per heavy atom. The number of hydrogen-bond acceptors (Lipinski definition) is 7. The van der Waals surface area contributed by atoms with Gasteiger partial charge in [0.15, 0.2) is 12.2 Å². The number of nitrogens with zero attached hydrogens (tertiary/aromatic N) is 3. The van der Waals surface area contributed by atoms with Crippen LogP contribution in [0.1, 0.15) is 23.2 Å². The molecule has 8 heteroatoms. The second-order valence-electron chi connectivity index (χ2n) is 5.81. The van der Waals surface area contributed by atoms with Crippen molar-refractivity contribution in [3.05, 3.63) is 48.6 Å². The summed E-state index contributed by atoms with van der Waals surface area (Å²) in [5.74, 6) is 0.952. The Labute approximate surface area is 143 Å². The van der Waals surface area contributed by atoms with E-state index in [2.05, 4.69) is 25.6 Å². The second kappa shape index (κ2) is 6.23. The first-order valence-electron chi connectivity index (χ1n) is 7.88. The molecule has 1 amide bonds. The molecular weight excluding hydrogens is 320 g/mol. The molecular formula is C17H16N6O2. The number of benzene rings is 1. The lowest BCUT2D eigenvalue weighted by Gasteiger charge is -2.11. The molecule has 4 rings (SSSR count). The van der Waals surface area contributed by atoms with Gasteiger partial charge in [0.1, 0.15) is 5.82 Å². The third kappa shape index (κ3) is 3.42. The third-order valence-corrected chi connectivity index (χ3v) is 3.81. The molecule has 1 aliphatic rings. The van der Waals surface area contributed by atoms with Gasteiger partial charge in [0.05, 0.1) is 11.8 Å². The minimum atomic E-state index is -0.554. The number of hydrogen-bond donors (Lipinski definition) is 3. The molecule has 2 heterocycles. The second-order valence-corrected chi connectivity index (χ2v) is 5.81. The highest BCUT2D eigenvalue weighted by atomic mass is 16.3. The Balaban J connectivity index is 1.60. The van der Waals surface area contributed by atoms with E-state index < -0.39 is 5.91 Å². The van der Waals surface area contributed by atoms with E-state index in [0.717, 1.165) is 24.1 Å². The summed E-state index contributed by atoms with van der Waals surface area (Å²) in [5.41, 5.74) is 7.35. The van der Waals surface area contributed by atoms with Crippen LogP contribution in [0.5, 0.6) is 0 Å². The lowest BCUT2D eigenvalue weighted by atomic mass is 10.1. The van der Waals surface area contributed by atoms with Crippen LogP contribution in [0.2, 0.25) is 0 Å². The molecule has 4 N–H and O–H groups in total. The maximum absolute atomic E-state index is 11.5. The lowest BCUT2D eigenvalue weighted by molar-refractivity contribution is 0.100. The highest BCUT2D eigenvalue weighted by Crippen LogP contribution is 2.27. The van der Waals surface area contributed by atoms with Crippen LogP contribution in [-0.2, 0) is 0 Å². The van der Waals surface area contributed by atoms with Crippen LogP contribution < -0.4 is 16.4 Å². The molecule has 1 fully saturated rings. The van der Waals surface area contributed by atoms with Gasteiger partial charge in [-0.05, 0) is 25.0 Å². The zero-order valence-electron chi connectivity index (χ0n) is 13.3. The number of carbonyl (C=O) groups excluding carboxylic acids is 1. The first kappa shape index (κ1) is 15.1. The first-order chi connectivity index (χ1) is 12.2. The smallest absolute Gasteiger partial charge is 0.254 e. The summed E-state index contributed by atoms with van der Waals surface area (Å²) in [6, 6.07) is 7.94. The number of nitrogens with one attached hydrogen (secondary N) is 2. The Morgan fingerprint density at radius 3 is 2.88 bits per heavy atom. The monoisotopic (exact) mass is 336 g/mol. The summed E-state index contributed by atoms with van der Waals surface area (Å²) in [6.07, 6.45) is 6.59. The molecule has 0 saturated heterocycles. The van der Waals surface area contributed by atoms with Gasteiger partial charge < -0.3 is 20.8 Å². The maximum Gasteiger partial charge on any atom is 0.254 e. The van der Waals surface area contributed by atoms with E-state index in [0.29, 0.717) is 23.6 Å². The molecule has 1 aliphatic carbocycles. The van der Waals surface area contributed by atoms with E-state index in [4.69, 9.17) is 10.2 Å². The quantitative estimate of drug-likeness (QED) is 0.633.